The number of nitrogens with one attached hydrogen (secondary N) is 2. The molecule has 8 nitrogen and oxygen atoms in total. The minimum atomic E-state index is -0.0760. The molecule has 1 aromatic rings. The molecule has 0 atom stereocenters. The second-order valence-electron chi connectivity index (χ2n) is 5.48. The quantitative estimate of drug-likeness (QED) is 0.413. The molecule has 1 aliphatic rings. The molecule has 1 saturated carbocycles. The Bertz CT molecular complexity index is 450. The molecule has 0 bridgehead atoms. The summed E-state index contributed by atoms with van der Waals surface area (Å²) in [6.45, 7) is 3.35. The van der Waals surface area contributed by atoms with E-state index in [2.05, 4.69) is 25.7 Å². The number of hydrogen-bond donors (Lipinski definition) is 4. The third-order valence-corrected chi connectivity index (χ3v) is 3.80. The molecule has 0 aromatic carbocycles. The van der Waals surface area contributed by atoms with Gasteiger partial charge >= 0.3 is 6.01 Å². The van der Waals surface area contributed by atoms with Crippen molar-refractivity contribution < 1.29 is 9.84 Å². The van der Waals surface area contributed by atoms with Gasteiger partial charge in [0.05, 0.1) is 13.2 Å². The van der Waals surface area contributed by atoms with Gasteiger partial charge in [-0.1, -0.05) is 19.8 Å². The lowest BCUT2D eigenvalue weighted by atomic mass is 9.87. The summed E-state index contributed by atoms with van der Waals surface area (Å²) < 4.78 is 5.41. The fraction of sp³-hybridized carbons (Fsp3) is 0.769. The maximum Gasteiger partial charge on any atom is 0.323 e. The smallest absolute Gasteiger partial charge is 0.323 e. The number of ether oxygens (including phenoxy) is 1. The van der Waals surface area contributed by atoms with E-state index in [0.717, 1.165) is 32.1 Å². The molecule has 21 heavy (non-hydrogen) atoms. The highest BCUT2D eigenvalue weighted by Gasteiger charge is 2.33. The van der Waals surface area contributed by atoms with Crippen LogP contribution >= 0.6 is 0 Å². The van der Waals surface area contributed by atoms with Crippen LogP contribution in [0.2, 0.25) is 0 Å². The molecule has 0 spiro atoms. The van der Waals surface area contributed by atoms with Crippen molar-refractivity contribution >= 4 is 11.9 Å². The second-order valence-corrected chi connectivity index (χ2v) is 5.48. The summed E-state index contributed by atoms with van der Waals surface area (Å²) in [5.74, 6) is 6.02. The van der Waals surface area contributed by atoms with Crippen molar-refractivity contribution in [3.63, 3.8) is 0 Å². The van der Waals surface area contributed by atoms with Gasteiger partial charge in [-0.05, 0) is 19.3 Å². The number of aromatic nitrogens is 3. The van der Waals surface area contributed by atoms with Gasteiger partial charge in [0.25, 0.3) is 0 Å². The number of nitrogen functional groups attached to an aromatic ring is 1. The van der Waals surface area contributed by atoms with Crippen molar-refractivity contribution in [2.24, 2.45) is 11.3 Å². The summed E-state index contributed by atoms with van der Waals surface area (Å²) >= 11 is 0. The minimum Gasteiger partial charge on any atom is -0.463 e. The maximum atomic E-state index is 9.62. The zero-order chi connectivity index (χ0) is 15.1. The van der Waals surface area contributed by atoms with Gasteiger partial charge in [-0.2, -0.15) is 15.0 Å². The molecule has 2 rings (SSSR count). The zero-order valence-electron chi connectivity index (χ0n) is 12.4. The van der Waals surface area contributed by atoms with Crippen LogP contribution in [0.15, 0.2) is 0 Å². The van der Waals surface area contributed by atoms with Crippen LogP contribution < -0.4 is 21.3 Å². The van der Waals surface area contributed by atoms with E-state index in [9.17, 15) is 5.11 Å². The van der Waals surface area contributed by atoms with Gasteiger partial charge in [-0.25, -0.2) is 5.84 Å². The molecular weight excluding hydrogens is 272 g/mol. The number of nitrogens with zero attached hydrogens (tertiary/aromatic N) is 3. The third kappa shape index (κ3) is 4.15. The van der Waals surface area contributed by atoms with Crippen molar-refractivity contribution in [2.45, 2.75) is 39.0 Å². The summed E-state index contributed by atoms with van der Waals surface area (Å²) in [5.41, 5.74) is 2.33. The Morgan fingerprint density at radius 1 is 1.24 bits per heavy atom. The Hall–Kier alpha value is -1.67. The lowest BCUT2D eigenvalue weighted by molar-refractivity contribution is 0.142. The highest BCUT2D eigenvalue weighted by Crippen LogP contribution is 2.37. The average molecular weight is 296 g/mol. The molecule has 118 valence electrons. The van der Waals surface area contributed by atoms with E-state index in [1.54, 1.807) is 0 Å². The fourth-order valence-electron chi connectivity index (χ4n) is 2.54. The largest absolute Gasteiger partial charge is 0.463 e. The van der Waals surface area contributed by atoms with Crippen LogP contribution in [0.5, 0.6) is 6.01 Å². The number of anilines is 2. The van der Waals surface area contributed by atoms with E-state index in [1.807, 2.05) is 6.92 Å². The highest BCUT2D eigenvalue weighted by molar-refractivity contribution is 5.35. The predicted octanol–water partition coefficient (Wildman–Crippen LogP) is 0.911. The summed E-state index contributed by atoms with van der Waals surface area (Å²) in [5, 5.41) is 12.8. The van der Waals surface area contributed by atoms with Crippen LogP contribution in [-0.4, -0.2) is 39.8 Å². The van der Waals surface area contributed by atoms with E-state index in [1.165, 1.54) is 0 Å². The SMILES string of the molecule is CCCOc1nc(NN)nc(NCC2(CO)CCCC2)n1. The highest BCUT2D eigenvalue weighted by atomic mass is 16.5. The maximum absolute atomic E-state index is 9.62. The first kappa shape index (κ1) is 15.7. The lowest BCUT2D eigenvalue weighted by Crippen LogP contribution is -2.31. The predicted molar refractivity (Wildman–Crippen MR) is 79.9 cm³/mol. The summed E-state index contributed by atoms with van der Waals surface area (Å²) in [6, 6.07) is 0.242. The molecule has 5 N–H and O–H groups in total. The monoisotopic (exact) mass is 296 g/mol. The van der Waals surface area contributed by atoms with Crippen LogP contribution in [0.25, 0.3) is 0 Å². The number of aliphatic hydroxyl groups excluding tert-OH is 1. The van der Waals surface area contributed by atoms with E-state index in [-0.39, 0.29) is 24.0 Å². The molecule has 1 fully saturated rings. The van der Waals surface area contributed by atoms with E-state index < -0.39 is 0 Å². The number of hydrazine groups is 1. The molecule has 8 heteroatoms. The van der Waals surface area contributed by atoms with Crippen molar-refractivity contribution in [1.82, 2.24) is 15.0 Å². The molecule has 0 aliphatic heterocycles. The van der Waals surface area contributed by atoms with Gasteiger partial charge in [0.2, 0.25) is 11.9 Å². The Morgan fingerprint density at radius 2 is 1.95 bits per heavy atom. The number of hydrogen-bond acceptors (Lipinski definition) is 8. The summed E-state index contributed by atoms with van der Waals surface area (Å²) in [7, 11) is 0. The number of rotatable bonds is 8. The first-order chi connectivity index (χ1) is 10.2. The molecule has 1 aromatic heterocycles. The van der Waals surface area contributed by atoms with E-state index in [4.69, 9.17) is 10.6 Å². The van der Waals surface area contributed by atoms with Crippen molar-refractivity contribution in [3.8, 4) is 6.01 Å². The van der Waals surface area contributed by atoms with Gasteiger partial charge in [0, 0.05) is 12.0 Å². The van der Waals surface area contributed by atoms with Crippen LogP contribution in [0.3, 0.4) is 0 Å². The molecule has 1 aliphatic carbocycles. The van der Waals surface area contributed by atoms with Gasteiger partial charge in [0.1, 0.15) is 0 Å². The Balaban J connectivity index is 2.04. The number of nitrogens with two attached hydrogens (primary N) is 1. The van der Waals surface area contributed by atoms with Crippen LogP contribution in [0.4, 0.5) is 11.9 Å². The normalized spacial score (nSPS) is 16.7. The third-order valence-electron chi connectivity index (χ3n) is 3.80. The topological polar surface area (TPSA) is 118 Å². The first-order valence-electron chi connectivity index (χ1n) is 7.41. The Labute approximate surface area is 124 Å². The Morgan fingerprint density at radius 3 is 2.57 bits per heavy atom. The van der Waals surface area contributed by atoms with Gasteiger partial charge in [-0.15, -0.1) is 0 Å². The summed E-state index contributed by atoms with van der Waals surface area (Å²) in [6.07, 6.45) is 5.21. The summed E-state index contributed by atoms with van der Waals surface area (Å²) in [4.78, 5) is 12.4. The average Bonchev–Trinajstić information content (AvgIpc) is 3.00. The standard InChI is InChI=1S/C13H24N6O2/c1-2-7-21-12-17-10(16-11(18-12)19-14)15-8-13(9-20)5-3-4-6-13/h20H,2-9,14H2,1H3,(H2,15,16,17,18,19). The van der Waals surface area contributed by atoms with E-state index in [0.29, 0.717) is 19.1 Å². The van der Waals surface area contributed by atoms with Gasteiger partial charge < -0.3 is 15.2 Å². The van der Waals surface area contributed by atoms with Crippen LogP contribution in [0.1, 0.15) is 39.0 Å². The van der Waals surface area contributed by atoms with Crippen LogP contribution in [-0.2, 0) is 0 Å². The molecular formula is C13H24N6O2. The van der Waals surface area contributed by atoms with Crippen molar-refractivity contribution in [1.29, 1.82) is 0 Å². The second kappa shape index (κ2) is 7.37. The molecule has 0 radical (unpaired) electrons. The zero-order valence-corrected chi connectivity index (χ0v) is 12.4. The Kier molecular flexibility index (Phi) is 5.51. The lowest BCUT2D eigenvalue weighted by Gasteiger charge is -2.26. The fourth-order valence-corrected chi connectivity index (χ4v) is 2.54. The van der Waals surface area contributed by atoms with Gasteiger partial charge in [-0.3, -0.25) is 5.43 Å². The first-order valence-corrected chi connectivity index (χ1v) is 7.41. The minimum absolute atomic E-state index is 0.0760. The molecule has 0 unspecified atom stereocenters. The number of aliphatic hydroxyl groups is 1. The van der Waals surface area contributed by atoms with Crippen LogP contribution in [0, 0.1) is 5.41 Å². The van der Waals surface area contributed by atoms with Crippen molar-refractivity contribution in [3.05, 3.63) is 0 Å². The van der Waals surface area contributed by atoms with Gasteiger partial charge in [0.15, 0.2) is 0 Å². The molecule has 0 saturated heterocycles. The molecule has 0 amide bonds. The van der Waals surface area contributed by atoms with E-state index >= 15 is 0 Å². The molecule has 1 heterocycles. The van der Waals surface area contributed by atoms with Crippen molar-refractivity contribution in [2.75, 3.05) is 30.5 Å².